The Morgan fingerprint density at radius 3 is 2.52 bits per heavy atom. The van der Waals surface area contributed by atoms with Crippen molar-refractivity contribution in [3.8, 4) is 5.88 Å². The highest BCUT2D eigenvalue weighted by Gasteiger charge is 2.24. The number of amides is 1. The summed E-state index contributed by atoms with van der Waals surface area (Å²) in [5.74, 6) is 0.150. The molecule has 126 valence electrons. The topological polar surface area (TPSA) is 73.3 Å². The van der Waals surface area contributed by atoms with Gasteiger partial charge in [-0.1, -0.05) is 0 Å². The van der Waals surface area contributed by atoms with Gasteiger partial charge in [-0.25, -0.2) is 4.98 Å². The normalized spacial score (nSPS) is 24.8. The largest absolute Gasteiger partial charge is 0.474 e. The summed E-state index contributed by atoms with van der Waals surface area (Å²) in [6.07, 6.45) is 7.44. The molecule has 2 aliphatic rings. The van der Waals surface area contributed by atoms with Gasteiger partial charge in [-0.3, -0.25) is 4.79 Å². The Morgan fingerprint density at radius 1 is 1.17 bits per heavy atom. The Bertz CT molecular complexity index is 558. The molecule has 0 radical (unpaired) electrons. The van der Waals surface area contributed by atoms with Gasteiger partial charge in [-0.05, 0) is 56.5 Å². The smallest absolute Gasteiger partial charge is 0.270 e. The van der Waals surface area contributed by atoms with Crippen LogP contribution in [0, 0.1) is 0 Å². The molecule has 1 aromatic rings. The van der Waals surface area contributed by atoms with Crippen molar-refractivity contribution in [2.45, 2.75) is 63.2 Å². The fourth-order valence-corrected chi connectivity index (χ4v) is 3.11. The van der Waals surface area contributed by atoms with Gasteiger partial charge in [0.25, 0.3) is 5.91 Å². The van der Waals surface area contributed by atoms with E-state index in [1.807, 2.05) is 0 Å². The molecule has 0 unspecified atom stereocenters. The van der Waals surface area contributed by atoms with Crippen LogP contribution in [0.4, 0.5) is 0 Å². The quantitative estimate of drug-likeness (QED) is 0.835. The van der Waals surface area contributed by atoms with Crippen LogP contribution >= 0.6 is 11.6 Å². The van der Waals surface area contributed by atoms with Gasteiger partial charge in [0.2, 0.25) is 11.2 Å². The summed E-state index contributed by atoms with van der Waals surface area (Å²) in [5.41, 5.74) is 0.258. The molecule has 0 aliphatic heterocycles. The molecule has 1 heterocycles. The third kappa shape index (κ3) is 4.32. The molecule has 3 rings (SSSR count). The number of hydrogen-bond donors (Lipinski definition) is 1. The van der Waals surface area contributed by atoms with E-state index >= 15 is 0 Å². The van der Waals surface area contributed by atoms with E-state index in [0.29, 0.717) is 12.0 Å². The fraction of sp³-hybridized carbons (Fsp3) is 0.688. The van der Waals surface area contributed by atoms with E-state index in [2.05, 4.69) is 15.3 Å². The van der Waals surface area contributed by atoms with E-state index < -0.39 is 0 Å². The first-order chi connectivity index (χ1) is 11.1. The number of rotatable bonds is 5. The molecule has 7 heteroatoms. The number of ether oxygens (including phenoxy) is 2. The molecule has 6 nitrogen and oxygen atoms in total. The van der Waals surface area contributed by atoms with Crippen molar-refractivity contribution in [1.82, 2.24) is 15.3 Å². The highest BCUT2D eigenvalue weighted by atomic mass is 35.5. The number of nitrogens with zero attached hydrogens (tertiary/aromatic N) is 2. The zero-order chi connectivity index (χ0) is 16.2. The van der Waals surface area contributed by atoms with Crippen molar-refractivity contribution >= 4 is 17.5 Å². The van der Waals surface area contributed by atoms with Crippen molar-refractivity contribution in [1.29, 1.82) is 0 Å². The molecule has 2 saturated carbocycles. The molecule has 0 spiro atoms. The summed E-state index contributed by atoms with van der Waals surface area (Å²) in [4.78, 5) is 20.5. The number of carbonyl (C=O) groups is 1. The Morgan fingerprint density at radius 2 is 1.91 bits per heavy atom. The van der Waals surface area contributed by atoms with Crippen LogP contribution in [0.2, 0.25) is 5.28 Å². The van der Waals surface area contributed by atoms with Crippen molar-refractivity contribution in [3.63, 3.8) is 0 Å². The lowest BCUT2D eigenvalue weighted by Gasteiger charge is -2.28. The number of aromatic nitrogens is 2. The van der Waals surface area contributed by atoms with Gasteiger partial charge in [-0.15, -0.1) is 0 Å². The van der Waals surface area contributed by atoms with E-state index in [-0.39, 0.29) is 29.0 Å². The lowest BCUT2D eigenvalue weighted by Crippen LogP contribution is -2.39. The maximum Gasteiger partial charge on any atom is 0.270 e. The molecule has 1 aromatic heterocycles. The van der Waals surface area contributed by atoms with Crippen LogP contribution in [0.3, 0.4) is 0 Å². The van der Waals surface area contributed by atoms with Crippen LogP contribution in [-0.4, -0.2) is 41.2 Å². The summed E-state index contributed by atoms with van der Waals surface area (Å²) in [6.45, 7) is 0. The molecule has 2 fully saturated rings. The predicted molar refractivity (Wildman–Crippen MR) is 85.8 cm³/mol. The summed E-state index contributed by atoms with van der Waals surface area (Å²) in [6, 6.07) is 1.72. The second-order valence-electron chi connectivity index (χ2n) is 6.21. The van der Waals surface area contributed by atoms with E-state index in [1.165, 1.54) is 6.42 Å². The molecule has 23 heavy (non-hydrogen) atoms. The summed E-state index contributed by atoms with van der Waals surface area (Å²) in [7, 11) is 1.73. The lowest BCUT2D eigenvalue weighted by molar-refractivity contribution is 0.0598. The maximum atomic E-state index is 12.4. The number of halogens is 1. The zero-order valence-corrected chi connectivity index (χ0v) is 14.0. The molecule has 0 bridgehead atoms. The number of hydrogen-bond acceptors (Lipinski definition) is 5. The third-order valence-corrected chi connectivity index (χ3v) is 4.76. The molecular weight excluding hydrogens is 318 g/mol. The SMILES string of the molecule is COC1CCC(NC(=O)c2cc(OC3CCC3)nc(Cl)n2)CC1. The van der Waals surface area contributed by atoms with Crippen molar-refractivity contribution in [2.24, 2.45) is 0 Å². The van der Waals surface area contributed by atoms with Crippen molar-refractivity contribution < 1.29 is 14.3 Å². The monoisotopic (exact) mass is 339 g/mol. The maximum absolute atomic E-state index is 12.4. The summed E-state index contributed by atoms with van der Waals surface area (Å²) < 4.78 is 11.1. The highest BCUT2D eigenvalue weighted by molar-refractivity contribution is 6.28. The first-order valence-corrected chi connectivity index (χ1v) is 8.56. The molecule has 0 saturated heterocycles. The molecule has 2 aliphatic carbocycles. The third-order valence-electron chi connectivity index (χ3n) is 4.59. The van der Waals surface area contributed by atoms with E-state index in [9.17, 15) is 4.79 Å². The summed E-state index contributed by atoms with van der Waals surface area (Å²) in [5, 5.41) is 3.05. The first-order valence-electron chi connectivity index (χ1n) is 8.19. The van der Waals surface area contributed by atoms with Crippen LogP contribution in [0.25, 0.3) is 0 Å². The fourth-order valence-electron chi connectivity index (χ4n) is 2.94. The Hall–Kier alpha value is -1.40. The van der Waals surface area contributed by atoms with Crippen LogP contribution in [-0.2, 0) is 4.74 Å². The molecule has 1 amide bonds. The molecule has 1 N–H and O–H groups in total. The van der Waals surface area contributed by atoms with Gasteiger partial charge in [0.15, 0.2) is 0 Å². The molecular formula is C16H22ClN3O3. The minimum atomic E-state index is -0.228. The average Bonchev–Trinajstić information content (AvgIpc) is 2.51. The Kier molecular flexibility index (Phi) is 5.33. The lowest BCUT2D eigenvalue weighted by atomic mass is 9.93. The Labute approximate surface area is 140 Å². The Balaban J connectivity index is 1.60. The van der Waals surface area contributed by atoms with Gasteiger partial charge in [-0.2, -0.15) is 4.98 Å². The number of methoxy groups -OCH3 is 1. The molecule has 0 atom stereocenters. The van der Waals surface area contributed by atoms with Gasteiger partial charge >= 0.3 is 0 Å². The van der Waals surface area contributed by atoms with Gasteiger partial charge in [0.1, 0.15) is 11.8 Å². The minimum absolute atomic E-state index is 0.0371. The van der Waals surface area contributed by atoms with Crippen LogP contribution in [0.5, 0.6) is 5.88 Å². The summed E-state index contributed by atoms with van der Waals surface area (Å²) >= 11 is 5.92. The van der Waals surface area contributed by atoms with E-state index in [4.69, 9.17) is 21.1 Å². The number of carbonyl (C=O) groups excluding carboxylic acids is 1. The van der Waals surface area contributed by atoms with Crippen LogP contribution < -0.4 is 10.1 Å². The van der Waals surface area contributed by atoms with Crippen molar-refractivity contribution in [3.05, 3.63) is 17.0 Å². The van der Waals surface area contributed by atoms with E-state index in [1.54, 1.807) is 13.2 Å². The van der Waals surface area contributed by atoms with Crippen molar-refractivity contribution in [2.75, 3.05) is 7.11 Å². The zero-order valence-electron chi connectivity index (χ0n) is 13.3. The van der Waals surface area contributed by atoms with Gasteiger partial charge in [0.05, 0.1) is 6.10 Å². The standard InChI is InChI=1S/C16H22ClN3O3/c1-22-11-7-5-10(6-8-11)18-15(21)13-9-14(20-16(17)19-13)23-12-3-2-4-12/h9-12H,2-8H2,1H3,(H,18,21). The number of nitrogens with one attached hydrogen (secondary N) is 1. The predicted octanol–water partition coefficient (Wildman–Crippen LogP) is 2.75. The average molecular weight is 340 g/mol. The second kappa shape index (κ2) is 7.45. The van der Waals surface area contributed by atoms with Gasteiger partial charge in [0, 0.05) is 19.2 Å². The first kappa shape index (κ1) is 16.5. The highest BCUT2D eigenvalue weighted by Crippen LogP contribution is 2.25. The van der Waals surface area contributed by atoms with Crippen LogP contribution in [0.1, 0.15) is 55.4 Å². The van der Waals surface area contributed by atoms with Crippen LogP contribution in [0.15, 0.2) is 6.07 Å². The second-order valence-corrected chi connectivity index (χ2v) is 6.55. The van der Waals surface area contributed by atoms with E-state index in [0.717, 1.165) is 38.5 Å². The minimum Gasteiger partial charge on any atom is -0.474 e. The molecule has 0 aromatic carbocycles. The van der Waals surface area contributed by atoms with Gasteiger partial charge < -0.3 is 14.8 Å².